The van der Waals surface area contributed by atoms with E-state index < -0.39 is 0 Å². The van der Waals surface area contributed by atoms with Gasteiger partial charge in [-0.2, -0.15) is 15.3 Å². The van der Waals surface area contributed by atoms with E-state index in [1.807, 2.05) is 79.4 Å². The second kappa shape index (κ2) is 25.2. The van der Waals surface area contributed by atoms with E-state index in [2.05, 4.69) is 106 Å². The van der Waals surface area contributed by atoms with Crippen LogP contribution in [-0.4, -0.2) is 169 Å². The lowest BCUT2D eigenvalue weighted by Gasteiger charge is -2.28. The van der Waals surface area contributed by atoms with Gasteiger partial charge in [0.1, 0.15) is 56.8 Å². The summed E-state index contributed by atoms with van der Waals surface area (Å²) in [5.74, 6) is 4.01. The number of pyridine rings is 9. The van der Waals surface area contributed by atoms with Gasteiger partial charge < -0.3 is 38.4 Å². The number of aryl methyl sites for hydroxylation is 1. The normalized spacial score (nSPS) is 14.4. The molecule has 0 unspecified atom stereocenters. The number of methoxy groups -OCH3 is 2. The topological polar surface area (TPSA) is 258 Å². The number of hydrogen-bond donors (Lipinski definition) is 3. The van der Waals surface area contributed by atoms with Gasteiger partial charge in [-0.1, -0.05) is 0 Å². The number of morpholine rings is 3. The third-order valence-corrected chi connectivity index (χ3v) is 15.1. The van der Waals surface area contributed by atoms with Crippen molar-refractivity contribution in [1.29, 1.82) is 0 Å². The Kier molecular flexibility index (Phi) is 16.1. The van der Waals surface area contributed by atoms with Crippen molar-refractivity contribution in [3.63, 3.8) is 0 Å². The van der Waals surface area contributed by atoms with E-state index in [0.29, 0.717) is 51.3 Å². The Morgan fingerprint density at radius 2 is 0.814 bits per heavy atom. The van der Waals surface area contributed by atoms with Crippen molar-refractivity contribution >= 4 is 50.2 Å². The second-order valence-corrected chi connectivity index (χ2v) is 20.4. The molecule has 15 heterocycles. The summed E-state index contributed by atoms with van der Waals surface area (Å²) < 4.78 is 27.3. The molecule has 3 N–H and O–H groups in total. The van der Waals surface area contributed by atoms with Crippen LogP contribution in [0.4, 0.5) is 17.5 Å². The molecule has 0 atom stereocenters. The fourth-order valence-corrected chi connectivity index (χ4v) is 10.8. The van der Waals surface area contributed by atoms with E-state index in [9.17, 15) is 0 Å². The predicted octanol–water partition coefficient (Wildman–Crippen LogP) is 9.08. The molecule has 0 amide bonds. The summed E-state index contributed by atoms with van der Waals surface area (Å²) in [4.78, 5) is 48.5. The number of rotatable bonds is 11. The molecule has 0 spiro atoms. The molecule has 0 bridgehead atoms. The van der Waals surface area contributed by atoms with Gasteiger partial charge >= 0.3 is 0 Å². The van der Waals surface area contributed by atoms with Gasteiger partial charge in [-0.05, 0) is 108 Å². The standard InChI is InChI=1S/2C21H20N6O2.C21H20N6O/c1-28-19-12-14(2-5-22-19)16-13-18(27-8-10-29-11-9-27)25-20-15(16)3-6-23-21(20)17-4-7-24-26-17;1-28-15-10-14(12-22-13-15)17-11-19(27-6-8-29-9-7-27)25-20-16(17)2-4-23-21(20)18-3-5-24-26-18;1-14-10-15(13-22-12-14)17-11-19(27-6-8-28-9-7-27)25-20-16(17)2-4-23-21(20)18-3-5-24-26-18/h2-7,12-13H,8-11H2,1H3,(H,24,26);2-5,10-13H,6-9H2,1H3,(H,24,26);2-5,10-13H,6-9H2,1H3,(H,24,26). The zero-order valence-electron chi connectivity index (χ0n) is 47.6. The Hall–Kier alpha value is -10.4. The largest absolute Gasteiger partial charge is 0.495 e. The Morgan fingerprint density at radius 1 is 0.407 bits per heavy atom. The minimum atomic E-state index is 0.572. The molecule has 12 aromatic rings. The lowest BCUT2D eigenvalue weighted by atomic mass is 10.0. The van der Waals surface area contributed by atoms with Gasteiger partial charge in [-0.25, -0.2) is 19.9 Å². The molecule has 0 aromatic carbocycles. The van der Waals surface area contributed by atoms with Crippen molar-refractivity contribution in [3.05, 3.63) is 153 Å². The van der Waals surface area contributed by atoms with Gasteiger partial charge in [-0.15, -0.1) is 0 Å². The highest BCUT2D eigenvalue weighted by atomic mass is 16.5. The number of nitrogens with zero attached hydrogens (tertiary/aromatic N) is 15. The average Bonchev–Trinajstić information content (AvgIpc) is 1.38. The van der Waals surface area contributed by atoms with E-state index in [-0.39, 0.29) is 0 Å². The van der Waals surface area contributed by atoms with Crippen LogP contribution in [0.1, 0.15) is 5.56 Å². The zero-order chi connectivity index (χ0) is 58.2. The third-order valence-electron chi connectivity index (χ3n) is 15.1. The summed E-state index contributed by atoms with van der Waals surface area (Å²) in [6.45, 7) is 11.1. The number of ether oxygens (including phenoxy) is 5. The first kappa shape index (κ1) is 54.9. The van der Waals surface area contributed by atoms with Gasteiger partial charge in [0.25, 0.3) is 0 Å². The quantitative estimate of drug-likeness (QED) is 0.109. The second-order valence-electron chi connectivity index (χ2n) is 20.4. The van der Waals surface area contributed by atoms with Crippen LogP contribution in [0.5, 0.6) is 11.6 Å². The van der Waals surface area contributed by atoms with Crippen LogP contribution in [0.2, 0.25) is 0 Å². The molecule has 3 aliphatic rings. The Bertz CT molecular complexity index is 4080. The summed E-state index contributed by atoms with van der Waals surface area (Å²) >= 11 is 0. The fraction of sp³-hybridized carbons (Fsp3) is 0.238. The highest BCUT2D eigenvalue weighted by Crippen LogP contribution is 2.39. The fourth-order valence-electron chi connectivity index (χ4n) is 10.8. The molecule has 23 heteroatoms. The van der Waals surface area contributed by atoms with Crippen LogP contribution in [-0.2, 0) is 14.2 Å². The minimum Gasteiger partial charge on any atom is -0.495 e. The van der Waals surface area contributed by atoms with Crippen LogP contribution in [0.15, 0.2) is 147 Å². The number of hydrogen-bond acceptors (Lipinski definition) is 20. The predicted molar refractivity (Wildman–Crippen MR) is 328 cm³/mol. The van der Waals surface area contributed by atoms with E-state index in [1.165, 1.54) is 0 Å². The summed E-state index contributed by atoms with van der Waals surface area (Å²) in [6, 6.07) is 26.2. The van der Waals surface area contributed by atoms with Crippen molar-refractivity contribution in [2.45, 2.75) is 6.92 Å². The van der Waals surface area contributed by atoms with Gasteiger partial charge in [0, 0.05) is 135 Å². The summed E-state index contributed by atoms with van der Waals surface area (Å²) in [5, 5.41) is 24.3. The summed E-state index contributed by atoms with van der Waals surface area (Å²) in [7, 11) is 3.26. The number of anilines is 3. The van der Waals surface area contributed by atoms with Gasteiger partial charge in [-0.3, -0.25) is 40.2 Å². The monoisotopic (exact) mass is 1150 g/mol. The number of aromatic nitrogens is 15. The molecular formula is C63H60N18O5. The molecule has 0 radical (unpaired) electrons. The lowest BCUT2D eigenvalue weighted by molar-refractivity contribution is 0.122. The van der Waals surface area contributed by atoms with Crippen LogP contribution in [0, 0.1) is 6.92 Å². The zero-order valence-corrected chi connectivity index (χ0v) is 47.6. The van der Waals surface area contributed by atoms with E-state index >= 15 is 0 Å². The van der Waals surface area contributed by atoms with Crippen LogP contribution >= 0.6 is 0 Å². The average molecular weight is 1150 g/mol. The molecule has 0 saturated carbocycles. The number of fused-ring (bicyclic) bond motifs is 3. The van der Waals surface area contributed by atoms with E-state index in [4.69, 9.17) is 38.6 Å². The molecule has 3 saturated heterocycles. The van der Waals surface area contributed by atoms with Crippen LogP contribution in [0.25, 0.3) is 100 Å². The first-order chi connectivity index (χ1) is 42.5. The van der Waals surface area contributed by atoms with E-state index in [1.54, 1.807) is 57.6 Å². The summed E-state index contributed by atoms with van der Waals surface area (Å²) in [6.07, 6.45) is 19.7. The molecule has 0 aliphatic carbocycles. The van der Waals surface area contributed by atoms with Crippen molar-refractivity contribution in [3.8, 4) is 79.2 Å². The lowest BCUT2D eigenvalue weighted by Crippen LogP contribution is -2.36. The molecule has 86 heavy (non-hydrogen) atoms. The maximum absolute atomic E-state index is 5.52. The van der Waals surface area contributed by atoms with E-state index in [0.717, 1.165) is 163 Å². The van der Waals surface area contributed by atoms with Crippen molar-refractivity contribution in [2.75, 3.05) is 108 Å². The molecular weight excluding hydrogens is 1090 g/mol. The molecule has 12 aromatic heterocycles. The van der Waals surface area contributed by atoms with Crippen LogP contribution in [0.3, 0.4) is 0 Å². The summed E-state index contributed by atoms with van der Waals surface area (Å²) in [5.41, 5.74) is 14.7. The highest BCUT2D eigenvalue weighted by molar-refractivity contribution is 6.04. The molecule has 15 rings (SSSR count). The first-order valence-electron chi connectivity index (χ1n) is 28.2. The van der Waals surface area contributed by atoms with Crippen molar-refractivity contribution < 1.29 is 23.7 Å². The smallest absolute Gasteiger partial charge is 0.213 e. The Labute approximate surface area is 493 Å². The molecule has 3 fully saturated rings. The third kappa shape index (κ3) is 11.6. The molecule has 432 valence electrons. The van der Waals surface area contributed by atoms with Gasteiger partial charge in [0.15, 0.2) is 0 Å². The molecule has 23 nitrogen and oxygen atoms in total. The Balaban J connectivity index is 0.000000120. The number of H-pyrrole nitrogens is 3. The first-order valence-corrected chi connectivity index (χ1v) is 28.2. The number of aromatic amines is 3. The number of nitrogens with one attached hydrogen (secondary N) is 3. The van der Waals surface area contributed by atoms with Crippen molar-refractivity contribution in [2.24, 2.45) is 0 Å². The SMILES string of the molecule is COc1cc(-c2cc(N3CCOCC3)nc3c(-c4ccn[nH]4)nccc23)ccn1.COc1cncc(-c2cc(N3CCOCC3)nc3c(-c4ccn[nH]4)nccc23)c1.Cc1cncc(-c2cc(N3CCOCC3)nc3c(-c4ccn[nH]4)nccc23)c1. The maximum atomic E-state index is 5.52. The molecule has 3 aliphatic heterocycles. The maximum Gasteiger partial charge on any atom is 0.213 e. The Morgan fingerprint density at radius 3 is 1.21 bits per heavy atom. The minimum absolute atomic E-state index is 0.572. The van der Waals surface area contributed by atoms with Gasteiger partial charge in [0.2, 0.25) is 5.88 Å². The highest BCUT2D eigenvalue weighted by Gasteiger charge is 2.23. The van der Waals surface area contributed by atoms with Crippen LogP contribution < -0.4 is 24.2 Å². The van der Waals surface area contributed by atoms with Gasteiger partial charge in [0.05, 0.1) is 77.1 Å². The van der Waals surface area contributed by atoms with Crippen molar-refractivity contribution in [1.82, 2.24) is 75.4 Å².